The predicted molar refractivity (Wildman–Crippen MR) is 82.3 cm³/mol. The number of amides is 1. The lowest BCUT2D eigenvalue weighted by Crippen LogP contribution is -2.27. The van der Waals surface area contributed by atoms with Crippen molar-refractivity contribution in [3.63, 3.8) is 0 Å². The zero-order chi connectivity index (χ0) is 13.4. The van der Waals surface area contributed by atoms with Gasteiger partial charge in [-0.1, -0.05) is 35.4 Å². The van der Waals surface area contributed by atoms with E-state index in [1.807, 2.05) is 19.9 Å². The molecule has 0 saturated carbocycles. The van der Waals surface area contributed by atoms with Crippen LogP contribution in [0.5, 0.6) is 0 Å². The van der Waals surface area contributed by atoms with Crippen LogP contribution in [0.1, 0.15) is 48.8 Å². The van der Waals surface area contributed by atoms with Gasteiger partial charge in [0, 0.05) is 13.1 Å². The van der Waals surface area contributed by atoms with Crippen LogP contribution in [0.4, 0.5) is 0 Å². The Hall–Kier alpha value is -0.590. The summed E-state index contributed by atoms with van der Waals surface area (Å²) in [4.78, 5) is 12.0. The van der Waals surface area contributed by atoms with Gasteiger partial charge in [-0.2, -0.15) is 5.10 Å². The molecule has 0 aromatic carbocycles. The molecule has 0 atom stereocenters. The van der Waals surface area contributed by atoms with Crippen molar-refractivity contribution >= 4 is 28.5 Å². The fourth-order valence-electron chi connectivity index (χ4n) is 1.83. The molecule has 4 nitrogen and oxygen atoms in total. The molecule has 18 heavy (non-hydrogen) atoms. The molecule has 0 radical (unpaired) electrons. The fourth-order valence-corrected chi connectivity index (χ4v) is 2.37. The third-order valence-corrected chi connectivity index (χ3v) is 3.54. The molecule has 0 unspecified atom stereocenters. The number of nitrogens with zero attached hydrogens (tertiary/aromatic N) is 2. The first-order valence-electron chi connectivity index (χ1n) is 6.57. The monoisotopic (exact) mass is 363 g/mol. The first-order chi connectivity index (χ1) is 8.69. The molecule has 0 fully saturated rings. The summed E-state index contributed by atoms with van der Waals surface area (Å²) in [6.45, 7) is 5.39. The second-order valence-corrected chi connectivity index (χ2v) is 5.42. The quantitative estimate of drug-likeness (QED) is 0.439. The maximum atomic E-state index is 12.0. The van der Waals surface area contributed by atoms with Crippen molar-refractivity contribution in [2.24, 2.45) is 0 Å². The van der Waals surface area contributed by atoms with Crippen molar-refractivity contribution in [3.8, 4) is 0 Å². The van der Waals surface area contributed by atoms with E-state index in [9.17, 15) is 4.79 Å². The van der Waals surface area contributed by atoms with Crippen molar-refractivity contribution in [1.29, 1.82) is 0 Å². The van der Waals surface area contributed by atoms with Gasteiger partial charge in [0.05, 0.1) is 5.69 Å². The summed E-state index contributed by atoms with van der Waals surface area (Å²) in [6.07, 6.45) is 4.78. The van der Waals surface area contributed by atoms with Gasteiger partial charge in [-0.3, -0.25) is 9.48 Å². The highest BCUT2D eigenvalue weighted by molar-refractivity contribution is 14.1. The van der Waals surface area contributed by atoms with Crippen LogP contribution < -0.4 is 5.32 Å². The molecule has 102 valence electrons. The van der Waals surface area contributed by atoms with E-state index >= 15 is 0 Å². The first kappa shape index (κ1) is 15.5. The van der Waals surface area contributed by atoms with Crippen molar-refractivity contribution < 1.29 is 4.79 Å². The van der Waals surface area contributed by atoms with Crippen molar-refractivity contribution in [2.75, 3.05) is 11.0 Å². The molecular weight excluding hydrogens is 341 g/mol. The normalized spacial score (nSPS) is 10.6. The average molecular weight is 363 g/mol. The van der Waals surface area contributed by atoms with Crippen LogP contribution >= 0.6 is 22.6 Å². The van der Waals surface area contributed by atoms with E-state index in [4.69, 9.17) is 0 Å². The van der Waals surface area contributed by atoms with Gasteiger partial charge in [0.25, 0.3) is 5.91 Å². The van der Waals surface area contributed by atoms with Crippen LogP contribution in [-0.4, -0.2) is 26.7 Å². The molecule has 0 bridgehead atoms. The standard InChI is InChI=1S/C13H22IN3O/c1-3-17-12(10-11(2)16-17)13(18)15-9-7-5-4-6-8-14/h10H,3-9H2,1-2H3,(H,15,18). The summed E-state index contributed by atoms with van der Waals surface area (Å²) in [6, 6.07) is 1.84. The molecule has 0 spiro atoms. The van der Waals surface area contributed by atoms with Gasteiger partial charge in [-0.25, -0.2) is 0 Å². The largest absolute Gasteiger partial charge is 0.351 e. The molecule has 1 aromatic rings. The van der Waals surface area contributed by atoms with Crippen molar-refractivity contribution in [1.82, 2.24) is 15.1 Å². The zero-order valence-electron chi connectivity index (χ0n) is 11.2. The Bertz CT molecular complexity index is 376. The van der Waals surface area contributed by atoms with Crippen molar-refractivity contribution in [2.45, 2.75) is 46.1 Å². The SMILES string of the molecule is CCn1nc(C)cc1C(=O)NCCCCCCI. The molecular formula is C13H22IN3O. The predicted octanol–water partition coefficient (Wildman–Crippen LogP) is 2.94. The molecule has 0 aliphatic heterocycles. The number of carbonyl (C=O) groups is 1. The minimum Gasteiger partial charge on any atom is -0.351 e. The second kappa shape index (κ2) is 8.50. The van der Waals surface area contributed by atoms with Gasteiger partial charge in [0.2, 0.25) is 0 Å². The summed E-state index contributed by atoms with van der Waals surface area (Å²) in [5.74, 6) is -0.00802. The number of alkyl halides is 1. The maximum Gasteiger partial charge on any atom is 0.269 e. The third-order valence-electron chi connectivity index (χ3n) is 2.78. The Kier molecular flexibility index (Phi) is 7.31. The van der Waals surface area contributed by atoms with Crippen LogP contribution in [-0.2, 0) is 6.54 Å². The Morgan fingerprint density at radius 2 is 2.11 bits per heavy atom. The molecule has 1 N–H and O–H groups in total. The lowest BCUT2D eigenvalue weighted by molar-refractivity contribution is 0.0942. The van der Waals surface area contributed by atoms with Gasteiger partial charge in [-0.05, 0) is 37.2 Å². The van der Waals surface area contributed by atoms with Gasteiger partial charge in [0.15, 0.2) is 0 Å². The molecule has 1 rings (SSSR count). The molecule has 5 heteroatoms. The second-order valence-electron chi connectivity index (χ2n) is 4.35. The first-order valence-corrected chi connectivity index (χ1v) is 8.10. The average Bonchev–Trinajstić information content (AvgIpc) is 2.74. The Morgan fingerprint density at radius 3 is 2.78 bits per heavy atom. The number of hydrogen-bond acceptors (Lipinski definition) is 2. The van der Waals surface area contributed by atoms with Crippen LogP contribution in [0.3, 0.4) is 0 Å². The maximum absolute atomic E-state index is 12.0. The lowest BCUT2D eigenvalue weighted by atomic mass is 10.2. The highest BCUT2D eigenvalue weighted by atomic mass is 127. The van der Waals surface area contributed by atoms with E-state index in [2.05, 4.69) is 33.0 Å². The van der Waals surface area contributed by atoms with E-state index in [-0.39, 0.29) is 5.91 Å². The molecule has 1 amide bonds. The summed E-state index contributed by atoms with van der Waals surface area (Å²) in [5, 5.41) is 7.24. The van der Waals surface area contributed by atoms with Crippen LogP contribution in [0.2, 0.25) is 0 Å². The summed E-state index contributed by atoms with van der Waals surface area (Å²) >= 11 is 2.40. The van der Waals surface area contributed by atoms with Crippen LogP contribution in [0.25, 0.3) is 0 Å². The fraction of sp³-hybridized carbons (Fsp3) is 0.692. The number of halogens is 1. The molecule has 1 heterocycles. The number of unbranched alkanes of at least 4 members (excludes halogenated alkanes) is 3. The minimum absolute atomic E-state index is 0.00802. The van der Waals surface area contributed by atoms with Gasteiger partial charge < -0.3 is 5.32 Å². The Balaban J connectivity index is 2.32. The Labute approximate surface area is 123 Å². The zero-order valence-corrected chi connectivity index (χ0v) is 13.4. The third kappa shape index (κ3) is 4.96. The molecule has 0 aliphatic rings. The summed E-state index contributed by atoms with van der Waals surface area (Å²) in [5.41, 5.74) is 1.56. The smallest absolute Gasteiger partial charge is 0.269 e. The molecule has 0 aliphatic carbocycles. The van der Waals surface area contributed by atoms with Gasteiger partial charge in [-0.15, -0.1) is 0 Å². The summed E-state index contributed by atoms with van der Waals surface area (Å²) < 4.78 is 2.97. The lowest BCUT2D eigenvalue weighted by Gasteiger charge is -2.06. The topological polar surface area (TPSA) is 46.9 Å². The van der Waals surface area contributed by atoms with E-state index in [1.165, 1.54) is 23.7 Å². The highest BCUT2D eigenvalue weighted by Crippen LogP contribution is 2.04. The molecule has 1 aromatic heterocycles. The highest BCUT2D eigenvalue weighted by Gasteiger charge is 2.11. The van der Waals surface area contributed by atoms with Crippen LogP contribution in [0, 0.1) is 6.92 Å². The Morgan fingerprint density at radius 1 is 1.39 bits per heavy atom. The van der Waals surface area contributed by atoms with E-state index < -0.39 is 0 Å². The number of nitrogens with one attached hydrogen (secondary N) is 1. The number of aryl methyl sites for hydroxylation is 2. The van der Waals surface area contributed by atoms with Crippen LogP contribution in [0.15, 0.2) is 6.07 Å². The van der Waals surface area contributed by atoms with Gasteiger partial charge >= 0.3 is 0 Å². The van der Waals surface area contributed by atoms with Gasteiger partial charge in [0.1, 0.15) is 5.69 Å². The van der Waals surface area contributed by atoms with E-state index in [0.29, 0.717) is 5.69 Å². The summed E-state index contributed by atoms with van der Waals surface area (Å²) in [7, 11) is 0. The number of carbonyl (C=O) groups excluding carboxylic acids is 1. The van der Waals surface area contributed by atoms with E-state index in [1.54, 1.807) is 4.68 Å². The number of rotatable bonds is 8. The number of hydrogen-bond donors (Lipinski definition) is 1. The minimum atomic E-state index is -0.00802. The van der Waals surface area contributed by atoms with Crippen molar-refractivity contribution in [3.05, 3.63) is 17.5 Å². The molecule has 0 saturated heterocycles. The van der Waals surface area contributed by atoms with E-state index in [0.717, 1.165) is 25.2 Å². The number of aromatic nitrogens is 2.